The van der Waals surface area contributed by atoms with Crippen molar-refractivity contribution in [2.45, 2.75) is 33.4 Å². The molecule has 1 aromatic carbocycles. The fourth-order valence-corrected chi connectivity index (χ4v) is 2.65. The van der Waals surface area contributed by atoms with Crippen LogP contribution in [0.1, 0.15) is 26.3 Å². The summed E-state index contributed by atoms with van der Waals surface area (Å²) in [6.45, 7) is 6.31. The van der Waals surface area contributed by atoms with Crippen molar-refractivity contribution in [2.75, 3.05) is 13.6 Å². The van der Waals surface area contributed by atoms with E-state index in [1.165, 1.54) is 6.92 Å². The first-order chi connectivity index (χ1) is 9.79. The molecular formula is C16H23BrN2O2. The molecule has 0 aromatic heterocycles. The number of ketones is 1. The lowest BCUT2D eigenvalue weighted by Crippen LogP contribution is -2.46. The average Bonchev–Trinajstić information content (AvgIpc) is 2.34. The summed E-state index contributed by atoms with van der Waals surface area (Å²) < 4.78 is 1.02. The minimum atomic E-state index is -0.406. The molecule has 1 aromatic rings. The Morgan fingerprint density at radius 3 is 2.52 bits per heavy atom. The van der Waals surface area contributed by atoms with Gasteiger partial charge in [0, 0.05) is 11.0 Å². The molecule has 0 spiro atoms. The Labute approximate surface area is 135 Å². The van der Waals surface area contributed by atoms with Crippen molar-refractivity contribution in [2.24, 2.45) is 5.92 Å². The van der Waals surface area contributed by atoms with E-state index in [0.717, 1.165) is 10.0 Å². The number of nitrogens with zero attached hydrogens (tertiary/aromatic N) is 1. The maximum atomic E-state index is 12.0. The first kappa shape index (κ1) is 17.9. The summed E-state index contributed by atoms with van der Waals surface area (Å²) in [4.78, 5) is 25.4. The predicted octanol–water partition coefficient (Wildman–Crippen LogP) is 2.61. The molecule has 0 saturated carbocycles. The number of amides is 1. The normalized spacial score (nSPS) is 12.5. The molecule has 1 N–H and O–H groups in total. The number of hydrogen-bond donors (Lipinski definition) is 1. The monoisotopic (exact) mass is 354 g/mol. The molecule has 0 bridgehead atoms. The predicted molar refractivity (Wildman–Crippen MR) is 87.9 cm³/mol. The highest BCUT2D eigenvalue weighted by atomic mass is 79.9. The number of carbonyl (C=O) groups is 2. The van der Waals surface area contributed by atoms with Crippen LogP contribution in [0.3, 0.4) is 0 Å². The van der Waals surface area contributed by atoms with E-state index in [-0.39, 0.29) is 24.2 Å². The van der Waals surface area contributed by atoms with Crippen LogP contribution in [0, 0.1) is 5.92 Å². The summed E-state index contributed by atoms with van der Waals surface area (Å²) in [5.41, 5.74) is 1.13. The zero-order chi connectivity index (χ0) is 16.0. The Morgan fingerprint density at radius 1 is 1.33 bits per heavy atom. The van der Waals surface area contributed by atoms with Gasteiger partial charge >= 0.3 is 0 Å². The number of nitrogens with one attached hydrogen (secondary N) is 1. The van der Waals surface area contributed by atoms with Crippen LogP contribution >= 0.6 is 15.9 Å². The zero-order valence-electron chi connectivity index (χ0n) is 13.0. The second-order valence-electron chi connectivity index (χ2n) is 5.70. The second kappa shape index (κ2) is 8.29. The van der Waals surface area contributed by atoms with E-state index in [1.807, 2.05) is 50.1 Å². The highest BCUT2D eigenvalue weighted by Crippen LogP contribution is 2.12. The van der Waals surface area contributed by atoms with Crippen molar-refractivity contribution in [1.29, 1.82) is 0 Å². The van der Waals surface area contributed by atoms with E-state index < -0.39 is 6.04 Å². The number of rotatable bonds is 7. The van der Waals surface area contributed by atoms with E-state index >= 15 is 0 Å². The summed E-state index contributed by atoms with van der Waals surface area (Å²) in [6.07, 6.45) is 0. The molecule has 1 amide bonds. The largest absolute Gasteiger partial charge is 0.345 e. The van der Waals surface area contributed by atoms with Crippen LogP contribution in [-0.2, 0) is 16.1 Å². The zero-order valence-corrected chi connectivity index (χ0v) is 14.6. The molecule has 4 nitrogen and oxygen atoms in total. The lowest BCUT2D eigenvalue weighted by Gasteiger charge is -2.22. The lowest BCUT2D eigenvalue weighted by atomic mass is 10.0. The maximum Gasteiger partial charge on any atom is 0.234 e. The van der Waals surface area contributed by atoms with Gasteiger partial charge in [0.15, 0.2) is 5.78 Å². The minimum Gasteiger partial charge on any atom is -0.345 e. The number of halogens is 1. The van der Waals surface area contributed by atoms with Gasteiger partial charge in [0.1, 0.15) is 0 Å². The lowest BCUT2D eigenvalue weighted by molar-refractivity contribution is -0.128. The van der Waals surface area contributed by atoms with Crippen molar-refractivity contribution in [3.8, 4) is 0 Å². The van der Waals surface area contributed by atoms with Gasteiger partial charge in [-0.1, -0.05) is 41.9 Å². The van der Waals surface area contributed by atoms with Crippen LogP contribution in [-0.4, -0.2) is 36.2 Å². The van der Waals surface area contributed by atoms with E-state index in [1.54, 1.807) is 0 Å². The number of hydrogen-bond acceptors (Lipinski definition) is 3. The molecule has 0 aliphatic heterocycles. The van der Waals surface area contributed by atoms with Crippen molar-refractivity contribution in [3.63, 3.8) is 0 Å². The Kier molecular flexibility index (Phi) is 7.05. The first-order valence-corrected chi connectivity index (χ1v) is 7.81. The van der Waals surface area contributed by atoms with Gasteiger partial charge in [-0.2, -0.15) is 0 Å². The van der Waals surface area contributed by atoms with Gasteiger partial charge in [0.2, 0.25) is 5.91 Å². The molecule has 1 atom stereocenters. The molecule has 0 aliphatic rings. The van der Waals surface area contributed by atoms with E-state index in [4.69, 9.17) is 0 Å². The Balaban J connectivity index is 2.52. The highest BCUT2D eigenvalue weighted by Gasteiger charge is 2.20. The number of benzene rings is 1. The smallest absolute Gasteiger partial charge is 0.234 e. The minimum absolute atomic E-state index is 0.00649. The van der Waals surface area contributed by atoms with Crippen LogP contribution in [0.4, 0.5) is 0 Å². The Morgan fingerprint density at radius 2 is 2.00 bits per heavy atom. The Bertz CT molecular complexity index is 503. The first-order valence-electron chi connectivity index (χ1n) is 7.02. The maximum absolute atomic E-state index is 12.0. The third kappa shape index (κ3) is 6.40. The van der Waals surface area contributed by atoms with Gasteiger partial charge in [-0.05, 0) is 37.6 Å². The number of likely N-dealkylation sites (N-methyl/N-ethyl adjacent to an activating group) is 1. The van der Waals surface area contributed by atoms with E-state index in [0.29, 0.717) is 6.54 Å². The molecule has 1 unspecified atom stereocenters. The molecule has 21 heavy (non-hydrogen) atoms. The number of Topliss-reactive ketones (excluding diaryl/α,β-unsaturated/α-hetero) is 1. The van der Waals surface area contributed by atoms with E-state index in [9.17, 15) is 9.59 Å². The number of carbonyl (C=O) groups excluding carboxylic acids is 2. The summed E-state index contributed by atoms with van der Waals surface area (Å²) >= 11 is 3.43. The molecular weight excluding hydrogens is 332 g/mol. The van der Waals surface area contributed by atoms with Gasteiger partial charge in [0.25, 0.3) is 0 Å². The van der Waals surface area contributed by atoms with Gasteiger partial charge < -0.3 is 5.32 Å². The summed E-state index contributed by atoms with van der Waals surface area (Å²) in [5.74, 6) is -0.0313. The quantitative estimate of drug-likeness (QED) is 0.818. The van der Waals surface area contributed by atoms with Crippen LogP contribution in [0.25, 0.3) is 0 Å². The molecule has 0 radical (unpaired) electrons. The van der Waals surface area contributed by atoms with Crippen molar-refractivity contribution in [3.05, 3.63) is 34.3 Å². The molecule has 0 heterocycles. The molecule has 1 rings (SSSR count). The van der Waals surface area contributed by atoms with Crippen LogP contribution in [0.15, 0.2) is 28.7 Å². The van der Waals surface area contributed by atoms with Crippen molar-refractivity contribution < 1.29 is 9.59 Å². The summed E-state index contributed by atoms with van der Waals surface area (Å²) in [5, 5.41) is 2.80. The summed E-state index contributed by atoms with van der Waals surface area (Å²) in [6, 6.07) is 7.58. The standard InChI is InChI=1S/C16H23BrN2O2/c1-11(2)16(12(3)20)18-15(21)10-19(4)9-13-6-5-7-14(17)8-13/h5-8,11,16H,9-10H2,1-4H3,(H,18,21). The van der Waals surface area contributed by atoms with Crippen LogP contribution in [0.2, 0.25) is 0 Å². The van der Waals surface area contributed by atoms with Gasteiger partial charge in [-0.3, -0.25) is 14.5 Å². The third-order valence-corrected chi connectivity index (χ3v) is 3.67. The Hall–Kier alpha value is -1.20. The molecule has 5 heteroatoms. The third-order valence-electron chi connectivity index (χ3n) is 3.18. The van der Waals surface area contributed by atoms with Crippen molar-refractivity contribution in [1.82, 2.24) is 10.2 Å². The fourth-order valence-electron chi connectivity index (χ4n) is 2.20. The average molecular weight is 355 g/mol. The second-order valence-corrected chi connectivity index (χ2v) is 6.62. The van der Waals surface area contributed by atoms with Crippen LogP contribution < -0.4 is 5.32 Å². The van der Waals surface area contributed by atoms with Crippen molar-refractivity contribution >= 4 is 27.6 Å². The fraction of sp³-hybridized carbons (Fsp3) is 0.500. The van der Waals surface area contributed by atoms with Gasteiger partial charge in [-0.25, -0.2) is 0 Å². The van der Waals surface area contributed by atoms with Gasteiger partial charge in [0.05, 0.1) is 12.6 Å². The molecule has 0 saturated heterocycles. The molecule has 0 fully saturated rings. The molecule has 116 valence electrons. The highest BCUT2D eigenvalue weighted by molar-refractivity contribution is 9.10. The summed E-state index contributed by atoms with van der Waals surface area (Å²) in [7, 11) is 1.89. The SMILES string of the molecule is CC(=O)C(NC(=O)CN(C)Cc1cccc(Br)c1)C(C)C. The van der Waals surface area contributed by atoms with Crippen LogP contribution in [0.5, 0.6) is 0 Å². The van der Waals surface area contributed by atoms with Gasteiger partial charge in [-0.15, -0.1) is 0 Å². The van der Waals surface area contributed by atoms with E-state index in [2.05, 4.69) is 21.2 Å². The molecule has 0 aliphatic carbocycles. The topological polar surface area (TPSA) is 49.4 Å².